The van der Waals surface area contributed by atoms with Gasteiger partial charge in [-0.15, -0.1) is 11.3 Å². The van der Waals surface area contributed by atoms with Crippen LogP contribution in [0.5, 0.6) is 0 Å². The van der Waals surface area contributed by atoms with E-state index in [0.29, 0.717) is 3.79 Å². The Kier molecular flexibility index (Phi) is 3.16. The SMILES string of the molecule is CNS(=O)(=O)c1cc(Br)sc1Cl. The third-order valence-corrected chi connectivity index (χ3v) is 4.72. The van der Waals surface area contributed by atoms with E-state index in [9.17, 15) is 8.42 Å². The molecule has 0 saturated heterocycles. The van der Waals surface area contributed by atoms with Crippen LogP contribution >= 0.6 is 38.9 Å². The number of rotatable bonds is 2. The second kappa shape index (κ2) is 3.63. The Labute approximate surface area is 87.9 Å². The molecule has 0 aliphatic carbocycles. The number of hydrogen-bond donors (Lipinski definition) is 1. The fourth-order valence-electron chi connectivity index (χ4n) is 0.618. The Hall–Kier alpha value is 0.380. The highest BCUT2D eigenvalue weighted by Gasteiger charge is 2.18. The van der Waals surface area contributed by atoms with Crippen molar-refractivity contribution in [3.8, 4) is 0 Å². The predicted octanol–water partition coefficient (Wildman–Crippen LogP) is 2.07. The van der Waals surface area contributed by atoms with E-state index in [1.807, 2.05) is 0 Å². The zero-order valence-corrected chi connectivity index (χ0v) is 9.94. The molecule has 0 atom stereocenters. The maximum absolute atomic E-state index is 11.2. The largest absolute Gasteiger partial charge is 0.242 e. The van der Waals surface area contributed by atoms with Gasteiger partial charge in [-0.05, 0) is 29.0 Å². The third kappa shape index (κ3) is 2.00. The first kappa shape index (κ1) is 10.5. The molecule has 0 bridgehead atoms. The van der Waals surface area contributed by atoms with Crippen LogP contribution < -0.4 is 4.72 Å². The molecule has 0 amide bonds. The van der Waals surface area contributed by atoms with Gasteiger partial charge in [-0.1, -0.05) is 11.6 Å². The summed E-state index contributed by atoms with van der Waals surface area (Å²) in [6, 6.07) is 1.47. The minimum Gasteiger partial charge on any atom is -0.214 e. The van der Waals surface area contributed by atoms with Crippen molar-refractivity contribution in [2.75, 3.05) is 7.05 Å². The molecule has 1 N–H and O–H groups in total. The van der Waals surface area contributed by atoms with Crippen molar-refractivity contribution in [1.82, 2.24) is 4.72 Å². The zero-order chi connectivity index (χ0) is 9.35. The molecule has 7 heteroatoms. The van der Waals surface area contributed by atoms with E-state index in [4.69, 9.17) is 11.6 Å². The lowest BCUT2D eigenvalue weighted by Gasteiger charge is -1.97. The normalized spacial score (nSPS) is 11.9. The van der Waals surface area contributed by atoms with Crippen molar-refractivity contribution in [2.45, 2.75) is 4.90 Å². The zero-order valence-electron chi connectivity index (χ0n) is 5.97. The van der Waals surface area contributed by atoms with Gasteiger partial charge in [0.05, 0.1) is 3.79 Å². The third-order valence-electron chi connectivity index (χ3n) is 1.18. The molecule has 0 radical (unpaired) electrons. The number of thiophene rings is 1. The minimum atomic E-state index is -3.41. The fourth-order valence-corrected chi connectivity index (χ4v) is 4.11. The summed E-state index contributed by atoms with van der Waals surface area (Å²) < 4.78 is 25.6. The van der Waals surface area contributed by atoms with Crippen molar-refractivity contribution in [1.29, 1.82) is 0 Å². The molecule has 0 aliphatic rings. The highest BCUT2D eigenvalue weighted by Crippen LogP contribution is 2.34. The van der Waals surface area contributed by atoms with E-state index >= 15 is 0 Å². The molecule has 0 aromatic carbocycles. The number of sulfonamides is 1. The Morgan fingerprint density at radius 3 is 2.58 bits per heavy atom. The van der Waals surface area contributed by atoms with Crippen LogP contribution in [0.2, 0.25) is 4.34 Å². The average molecular weight is 291 g/mol. The summed E-state index contributed by atoms with van der Waals surface area (Å²) in [5, 5.41) is 0. The highest BCUT2D eigenvalue weighted by molar-refractivity contribution is 9.11. The molecule has 68 valence electrons. The molecule has 0 spiro atoms. The van der Waals surface area contributed by atoms with Crippen molar-refractivity contribution in [2.24, 2.45) is 0 Å². The second-order valence-electron chi connectivity index (χ2n) is 1.90. The van der Waals surface area contributed by atoms with Gasteiger partial charge in [0.1, 0.15) is 9.23 Å². The summed E-state index contributed by atoms with van der Waals surface area (Å²) >= 11 is 10.00. The van der Waals surface area contributed by atoms with Crippen LogP contribution in [0, 0.1) is 0 Å². The van der Waals surface area contributed by atoms with Gasteiger partial charge >= 0.3 is 0 Å². The van der Waals surface area contributed by atoms with Crippen molar-refractivity contribution in [3.63, 3.8) is 0 Å². The van der Waals surface area contributed by atoms with Crippen molar-refractivity contribution in [3.05, 3.63) is 14.2 Å². The van der Waals surface area contributed by atoms with Crippen LogP contribution in [0.3, 0.4) is 0 Å². The summed E-state index contributed by atoms with van der Waals surface area (Å²) in [5.74, 6) is 0. The molecule has 0 aliphatic heterocycles. The molecule has 3 nitrogen and oxygen atoms in total. The fraction of sp³-hybridized carbons (Fsp3) is 0.200. The molecule has 1 aromatic heterocycles. The first-order valence-electron chi connectivity index (χ1n) is 2.86. The number of halogens is 2. The van der Waals surface area contributed by atoms with E-state index in [2.05, 4.69) is 20.7 Å². The van der Waals surface area contributed by atoms with Gasteiger partial charge in [-0.2, -0.15) is 0 Å². The van der Waals surface area contributed by atoms with E-state index in [0.717, 1.165) is 0 Å². The lowest BCUT2D eigenvalue weighted by molar-refractivity contribution is 0.588. The summed E-state index contributed by atoms with van der Waals surface area (Å²) in [5.41, 5.74) is 0. The summed E-state index contributed by atoms with van der Waals surface area (Å²) in [4.78, 5) is 0.114. The van der Waals surface area contributed by atoms with Crippen LogP contribution in [0.1, 0.15) is 0 Å². The maximum Gasteiger partial charge on any atom is 0.242 e. The first-order valence-corrected chi connectivity index (χ1v) is 6.33. The van der Waals surface area contributed by atoms with Gasteiger partial charge < -0.3 is 0 Å². The van der Waals surface area contributed by atoms with E-state index < -0.39 is 10.0 Å². The van der Waals surface area contributed by atoms with Gasteiger partial charge in [-0.25, -0.2) is 13.1 Å². The summed E-state index contributed by atoms with van der Waals surface area (Å²) in [6.45, 7) is 0. The predicted molar refractivity (Wildman–Crippen MR) is 53.3 cm³/mol. The van der Waals surface area contributed by atoms with Crippen LogP contribution in [0.4, 0.5) is 0 Å². The Morgan fingerprint density at radius 2 is 2.25 bits per heavy atom. The lowest BCUT2D eigenvalue weighted by atomic mass is 10.7. The number of hydrogen-bond acceptors (Lipinski definition) is 3. The van der Waals surface area contributed by atoms with Gasteiger partial charge in [-0.3, -0.25) is 0 Å². The van der Waals surface area contributed by atoms with Crippen LogP contribution in [-0.2, 0) is 10.0 Å². The standard InChI is InChI=1S/C5H5BrClNO2S2/c1-8-12(9,10)3-2-4(6)11-5(3)7/h2,8H,1H3. The number of nitrogens with one attached hydrogen (secondary N) is 1. The Morgan fingerprint density at radius 1 is 1.67 bits per heavy atom. The molecule has 0 fully saturated rings. The smallest absolute Gasteiger partial charge is 0.214 e. The van der Waals surface area contributed by atoms with Gasteiger partial charge in [0, 0.05) is 0 Å². The molecular formula is C5H5BrClNO2S2. The van der Waals surface area contributed by atoms with E-state index in [-0.39, 0.29) is 9.23 Å². The van der Waals surface area contributed by atoms with Crippen LogP contribution in [0.15, 0.2) is 14.7 Å². The Balaban J connectivity index is 3.29. The molecule has 1 heterocycles. The lowest BCUT2D eigenvalue weighted by Crippen LogP contribution is -2.18. The quantitative estimate of drug-likeness (QED) is 0.906. The van der Waals surface area contributed by atoms with Gasteiger partial charge in [0.25, 0.3) is 0 Å². The van der Waals surface area contributed by atoms with Crippen LogP contribution in [0.25, 0.3) is 0 Å². The Bertz CT molecular complexity index is 386. The second-order valence-corrected chi connectivity index (χ2v) is 6.78. The molecular weight excluding hydrogens is 286 g/mol. The summed E-state index contributed by atoms with van der Waals surface area (Å²) in [6.07, 6.45) is 0. The topological polar surface area (TPSA) is 46.2 Å². The molecule has 1 rings (SSSR count). The molecule has 0 saturated carbocycles. The molecule has 12 heavy (non-hydrogen) atoms. The van der Waals surface area contributed by atoms with Crippen molar-refractivity contribution >= 4 is 48.9 Å². The molecule has 1 aromatic rings. The van der Waals surface area contributed by atoms with Crippen LogP contribution in [-0.4, -0.2) is 15.5 Å². The first-order chi connectivity index (χ1) is 5.47. The van der Waals surface area contributed by atoms with Gasteiger partial charge in [0.2, 0.25) is 10.0 Å². The van der Waals surface area contributed by atoms with Crippen molar-refractivity contribution < 1.29 is 8.42 Å². The maximum atomic E-state index is 11.2. The van der Waals surface area contributed by atoms with Gasteiger partial charge in [0.15, 0.2) is 0 Å². The summed E-state index contributed by atoms with van der Waals surface area (Å²) in [7, 11) is -2.07. The van der Waals surface area contributed by atoms with E-state index in [1.54, 1.807) is 0 Å². The molecule has 0 unspecified atom stereocenters. The minimum absolute atomic E-state index is 0.114. The van der Waals surface area contributed by atoms with E-state index in [1.165, 1.54) is 24.5 Å². The highest BCUT2D eigenvalue weighted by atomic mass is 79.9. The monoisotopic (exact) mass is 289 g/mol. The average Bonchev–Trinajstić information content (AvgIpc) is 2.31.